The van der Waals surface area contributed by atoms with E-state index in [1.807, 2.05) is 43.3 Å². The van der Waals surface area contributed by atoms with Crippen LogP contribution in [0.4, 0.5) is 16.3 Å². The molecule has 4 N–H and O–H groups in total. The molecule has 0 atom stereocenters. The lowest BCUT2D eigenvalue weighted by Crippen LogP contribution is -2.21. The summed E-state index contributed by atoms with van der Waals surface area (Å²) in [5, 5.41) is 11.0. The Labute approximate surface area is 221 Å². The predicted molar refractivity (Wildman–Crippen MR) is 149 cm³/mol. The number of nitrogens with zero attached hydrogens (tertiary/aromatic N) is 4. The highest BCUT2D eigenvalue weighted by Gasteiger charge is 2.16. The molecule has 6 aromatic rings. The van der Waals surface area contributed by atoms with Gasteiger partial charge in [-0.3, -0.25) is 15.3 Å². The van der Waals surface area contributed by atoms with E-state index in [9.17, 15) is 9.59 Å². The number of urea groups is 1. The van der Waals surface area contributed by atoms with Gasteiger partial charge >= 0.3 is 11.7 Å². The Morgan fingerprint density at radius 1 is 0.949 bits per heavy atom. The normalized spacial score (nSPS) is 11.0. The summed E-state index contributed by atoms with van der Waals surface area (Å²) in [6.45, 7) is 5.82. The Hall–Kier alpha value is -5.71. The van der Waals surface area contributed by atoms with Crippen LogP contribution in [0.15, 0.2) is 90.5 Å². The van der Waals surface area contributed by atoms with Crippen LogP contribution in [-0.4, -0.2) is 35.7 Å². The molecule has 4 aromatic heterocycles. The lowest BCUT2D eigenvalue weighted by molar-refractivity contribution is 0.262. The maximum Gasteiger partial charge on any atom is 0.325 e. The fourth-order valence-electron chi connectivity index (χ4n) is 4.17. The number of carbonyl (C=O) groups is 1. The van der Waals surface area contributed by atoms with Crippen LogP contribution in [0.5, 0.6) is 11.5 Å². The third-order valence-electron chi connectivity index (χ3n) is 5.97. The number of para-hydroxylation sites is 1. The number of benzene rings is 2. The van der Waals surface area contributed by atoms with Crippen LogP contribution in [0.1, 0.15) is 12.6 Å². The highest BCUT2D eigenvalue weighted by molar-refractivity contribution is 6.06. The molecule has 6 rings (SSSR count). The van der Waals surface area contributed by atoms with Crippen LogP contribution >= 0.6 is 0 Å². The van der Waals surface area contributed by atoms with E-state index in [-0.39, 0.29) is 5.69 Å². The predicted octanol–water partition coefficient (Wildman–Crippen LogP) is 5.45. The third-order valence-corrected chi connectivity index (χ3v) is 5.97. The molecule has 0 saturated carbocycles. The van der Waals surface area contributed by atoms with Gasteiger partial charge < -0.3 is 15.0 Å². The molecule has 0 bridgehead atoms. The van der Waals surface area contributed by atoms with Crippen molar-refractivity contribution in [2.45, 2.75) is 6.92 Å². The molecule has 0 aliphatic carbocycles. The topological polar surface area (TPSA) is 143 Å². The van der Waals surface area contributed by atoms with Gasteiger partial charge in [-0.2, -0.15) is 5.10 Å². The second-order valence-electron chi connectivity index (χ2n) is 8.75. The minimum atomic E-state index is -0.458. The van der Waals surface area contributed by atoms with Crippen molar-refractivity contribution >= 4 is 45.2 Å². The van der Waals surface area contributed by atoms with Gasteiger partial charge in [-0.1, -0.05) is 24.8 Å². The van der Waals surface area contributed by atoms with E-state index in [0.29, 0.717) is 50.8 Å². The highest BCUT2D eigenvalue weighted by atomic mass is 16.5. The fourth-order valence-corrected chi connectivity index (χ4v) is 4.17. The molecule has 0 aliphatic heterocycles. The van der Waals surface area contributed by atoms with E-state index in [0.717, 1.165) is 11.3 Å². The number of H-pyrrole nitrogens is 2. The first-order chi connectivity index (χ1) is 19.0. The minimum absolute atomic E-state index is 0.383. The van der Waals surface area contributed by atoms with Crippen molar-refractivity contribution in [3.05, 3.63) is 102 Å². The Morgan fingerprint density at radius 2 is 1.79 bits per heavy atom. The summed E-state index contributed by atoms with van der Waals surface area (Å²) >= 11 is 0. The second kappa shape index (κ2) is 9.63. The quantitative estimate of drug-likeness (QED) is 0.231. The zero-order valence-corrected chi connectivity index (χ0v) is 20.7. The van der Waals surface area contributed by atoms with Crippen molar-refractivity contribution in [1.82, 2.24) is 29.7 Å². The number of carbonyl (C=O) groups excluding carboxylic acids is 1. The average molecular weight is 519 g/mol. The number of rotatable bonds is 6. The maximum absolute atomic E-state index is 13.1. The number of hydrogen-bond acceptors (Lipinski definition) is 6. The number of fused-ring (bicyclic) bond motifs is 2. The van der Waals surface area contributed by atoms with Crippen molar-refractivity contribution in [3.8, 4) is 17.2 Å². The molecule has 0 aliphatic rings. The molecule has 0 unspecified atom stereocenters. The molecular weight excluding hydrogens is 496 g/mol. The Bertz CT molecular complexity index is 1920. The fraction of sp³-hybridized carbons (Fsp3) is 0.0357. The van der Waals surface area contributed by atoms with Gasteiger partial charge in [0.05, 0.1) is 17.1 Å². The number of nitrogens with one attached hydrogen (secondary N) is 4. The van der Waals surface area contributed by atoms with E-state index < -0.39 is 6.03 Å². The van der Waals surface area contributed by atoms with Gasteiger partial charge in [0.15, 0.2) is 17.1 Å². The first kappa shape index (κ1) is 23.7. The lowest BCUT2D eigenvalue weighted by Gasteiger charge is -2.14. The van der Waals surface area contributed by atoms with Gasteiger partial charge in [-0.15, -0.1) is 0 Å². The third kappa shape index (κ3) is 4.60. The van der Waals surface area contributed by atoms with E-state index in [4.69, 9.17) is 4.74 Å². The first-order valence-electron chi connectivity index (χ1n) is 12.0. The van der Waals surface area contributed by atoms with Gasteiger partial charge in [0.2, 0.25) is 0 Å². The van der Waals surface area contributed by atoms with Crippen molar-refractivity contribution in [3.63, 3.8) is 0 Å². The monoisotopic (exact) mass is 518 g/mol. The standard InChI is InChI=1S/C28H22N8O3/c1-16(2)20-15-23(36(35-20)17-7-4-3-5-8-17)32-27(37)31-19-10-11-21(24-18(19)9-6-13-29-24)39-22-12-14-30-26-25(22)33-28(38)34-26/h3-15H,1H2,2H3,(H2,31,32,37)(H2,30,33,34,38). The molecule has 2 amide bonds. The van der Waals surface area contributed by atoms with Gasteiger partial charge in [0.25, 0.3) is 0 Å². The number of allylic oxidation sites excluding steroid dienone is 1. The molecule has 0 saturated heterocycles. The highest BCUT2D eigenvalue weighted by Crippen LogP contribution is 2.34. The molecule has 11 nitrogen and oxygen atoms in total. The van der Waals surface area contributed by atoms with Crippen LogP contribution in [0.25, 0.3) is 33.3 Å². The number of aromatic nitrogens is 6. The minimum Gasteiger partial charge on any atom is -0.453 e. The number of pyridine rings is 2. The summed E-state index contributed by atoms with van der Waals surface area (Å²) in [6.07, 6.45) is 3.17. The molecule has 0 spiro atoms. The molecule has 0 radical (unpaired) electrons. The number of anilines is 2. The molecule has 0 fully saturated rings. The van der Waals surface area contributed by atoms with Crippen LogP contribution < -0.4 is 21.1 Å². The zero-order valence-electron chi connectivity index (χ0n) is 20.7. The summed E-state index contributed by atoms with van der Waals surface area (Å²) in [4.78, 5) is 38.8. The number of aromatic amines is 2. The maximum atomic E-state index is 13.1. The van der Waals surface area contributed by atoms with Crippen LogP contribution in [0.2, 0.25) is 0 Å². The number of ether oxygens (including phenoxy) is 1. The summed E-state index contributed by atoms with van der Waals surface area (Å²) in [5.74, 6) is 1.34. The number of amides is 2. The van der Waals surface area contributed by atoms with Gasteiger partial charge in [0, 0.05) is 29.9 Å². The molecule has 4 heterocycles. The zero-order chi connectivity index (χ0) is 26.9. The number of imidazole rings is 1. The summed E-state index contributed by atoms with van der Waals surface area (Å²) in [6, 6.07) is 19.5. The van der Waals surface area contributed by atoms with E-state index in [2.05, 4.69) is 42.2 Å². The Kier molecular flexibility index (Phi) is 5.85. The summed E-state index contributed by atoms with van der Waals surface area (Å²) in [7, 11) is 0. The van der Waals surface area contributed by atoms with Crippen LogP contribution in [0.3, 0.4) is 0 Å². The second-order valence-corrected chi connectivity index (χ2v) is 8.75. The van der Waals surface area contributed by atoms with E-state index in [1.54, 1.807) is 41.2 Å². The summed E-state index contributed by atoms with van der Waals surface area (Å²) in [5.41, 5.74) is 3.74. The van der Waals surface area contributed by atoms with Crippen molar-refractivity contribution in [2.24, 2.45) is 0 Å². The smallest absolute Gasteiger partial charge is 0.325 e. The van der Waals surface area contributed by atoms with Crippen LogP contribution in [-0.2, 0) is 0 Å². The molecule has 192 valence electrons. The van der Waals surface area contributed by atoms with Gasteiger partial charge in [-0.25, -0.2) is 19.3 Å². The molecule has 39 heavy (non-hydrogen) atoms. The van der Waals surface area contributed by atoms with Gasteiger partial charge in [0.1, 0.15) is 16.9 Å². The van der Waals surface area contributed by atoms with E-state index >= 15 is 0 Å². The number of hydrogen-bond donors (Lipinski definition) is 4. The largest absolute Gasteiger partial charge is 0.453 e. The summed E-state index contributed by atoms with van der Waals surface area (Å²) < 4.78 is 7.78. The first-order valence-corrected chi connectivity index (χ1v) is 12.0. The van der Waals surface area contributed by atoms with Gasteiger partial charge in [-0.05, 0) is 48.9 Å². The molecular formula is C28H22N8O3. The van der Waals surface area contributed by atoms with Crippen LogP contribution in [0, 0.1) is 0 Å². The SMILES string of the molecule is C=C(C)c1cc(NC(=O)Nc2ccc(Oc3ccnc4[nH]c(=O)[nH]c34)c3ncccc23)n(-c2ccccc2)n1. The lowest BCUT2D eigenvalue weighted by atomic mass is 10.1. The Morgan fingerprint density at radius 3 is 2.62 bits per heavy atom. The van der Waals surface area contributed by atoms with Crippen molar-refractivity contribution < 1.29 is 9.53 Å². The molecule has 2 aromatic carbocycles. The average Bonchev–Trinajstić information content (AvgIpc) is 3.54. The molecule has 11 heteroatoms. The van der Waals surface area contributed by atoms with E-state index in [1.165, 1.54) is 6.20 Å². The Balaban J connectivity index is 1.30. The van der Waals surface area contributed by atoms with Crippen molar-refractivity contribution in [1.29, 1.82) is 0 Å². The van der Waals surface area contributed by atoms with Crippen molar-refractivity contribution in [2.75, 3.05) is 10.6 Å².